The Morgan fingerprint density at radius 2 is 2.00 bits per heavy atom. The van der Waals surface area contributed by atoms with Gasteiger partial charge < -0.3 is 10.1 Å². The number of anilines is 1. The molecule has 5 nitrogen and oxygen atoms in total. The predicted molar refractivity (Wildman–Crippen MR) is 72.3 cm³/mol. The zero-order chi connectivity index (χ0) is 13.0. The molecular weight excluding hydrogens is 252 g/mol. The van der Waals surface area contributed by atoms with E-state index in [4.69, 9.17) is 16.3 Å². The summed E-state index contributed by atoms with van der Waals surface area (Å²) < 4.78 is 5.30. The highest BCUT2D eigenvalue weighted by atomic mass is 35.5. The van der Waals surface area contributed by atoms with Crippen LogP contribution >= 0.6 is 11.6 Å². The molecule has 2 rings (SSSR count). The molecule has 2 heterocycles. The fraction of sp³-hybridized carbons (Fsp3) is 0.667. The molecule has 1 saturated heterocycles. The molecule has 0 atom stereocenters. The van der Waals surface area contributed by atoms with Crippen molar-refractivity contribution < 1.29 is 4.74 Å². The third-order valence-electron chi connectivity index (χ3n) is 3.14. The first-order chi connectivity index (χ1) is 8.66. The van der Waals surface area contributed by atoms with Gasteiger partial charge >= 0.3 is 0 Å². The lowest BCUT2D eigenvalue weighted by Gasteiger charge is -2.26. The average molecular weight is 271 g/mol. The molecule has 1 aromatic heterocycles. The maximum absolute atomic E-state index is 6.03. The van der Waals surface area contributed by atoms with Crippen molar-refractivity contribution in [2.45, 2.75) is 13.8 Å². The molecule has 0 unspecified atom stereocenters. The van der Waals surface area contributed by atoms with Crippen LogP contribution in [0.3, 0.4) is 0 Å². The van der Waals surface area contributed by atoms with Gasteiger partial charge in [0, 0.05) is 37.4 Å². The molecule has 1 fully saturated rings. The lowest BCUT2D eigenvalue weighted by molar-refractivity contribution is 0.0398. The van der Waals surface area contributed by atoms with E-state index in [0.717, 1.165) is 50.7 Å². The third-order valence-corrected chi connectivity index (χ3v) is 3.51. The zero-order valence-corrected chi connectivity index (χ0v) is 11.6. The lowest BCUT2D eigenvalue weighted by atomic mass is 10.3. The Kier molecular flexibility index (Phi) is 4.74. The zero-order valence-electron chi connectivity index (χ0n) is 10.9. The monoisotopic (exact) mass is 270 g/mol. The number of morpholine rings is 1. The summed E-state index contributed by atoms with van der Waals surface area (Å²) in [4.78, 5) is 10.9. The van der Waals surface area contributed by atoms with Crippen molar-refractivity contribution in [1.29, 1.82) is 0 Å². The highest BCUT2D eigenvalue weighted by Crippen LogP contribution is 2.16. The fourth-order valence-corrected chi connectivity index (χ4v) is 2.04. The van der Waals surface area contributed by atoms with Gasteiger partial charge in [-0.3, -0.25) is 4.90 Å². The number of nitrogens with one attached hydrogen (secondary N) is 1. The van der Waals surface area contributed by atoms with E-state index in [-0.39, 0.29) is 0 Å². The smallest absolute Gasteiger partial charge is 0.224 e. The highest BCUT2D eigenvalue weighted by molar-refractivity contribution is 6.30. The molecule has 100 valence electrons. The molecule has 1 aliphatic rings. The van der Waals surface area contributed by atoms with Gasteiger partial charge in [0.05, 0.1) is 13.2 Å². The molecule has 6 heteroatoms. The molecule has 0 bridgehead atoms. The van der Waals surface area contributed by atoms with E-state index in [9.17, 15) is 0 Å². The Bertz CT molecular complexity index is 384. The summed E-state index contributed by atoms with van der Waals surface area (Å²) in [5.74, 6) is 0.608. The van der Waals surface area contributed by atoms with Crippen LogP contribution in [0.15, 0.2) is 0 Å². The maximum Gasteiger partial charge on any atom is 0.224 e. The number of hydrogen-bond acceptors (Lipinski definition) is 5. The minimum Gasteiger partial charge on any atom is -0.379 e. The van der Waals surface area contributed by atoms with Gasteiger partial charge in [0.2, 0.25) is 5.95 Å². The number of rotatable bonds is 4. The topological polar surface area (TPSA) is 50.3 Å². The minimum atomic E-state index is 0.524. The third kappa shape index (κ3) is 3.54. The van der Waals surface area contributed by atoms with Crippen LogP contribution in [0.4, 0.5) is 5.95 Å². The summed E-state index contributed by atoms with van der Waals surface area (Å²) in [5.41, 5.74) is 1.86. The van der Waals surface area contributed by atoms with Crippen molar-refractivity contribution in [3.8, 4) is 0 Å². The quantitative estimate of drug-likeness (QED) is 0.840. The summed E-state index contributed by atoms with van der Waals surface area (Å²) in [7, 11) is 0. The number of halogens is 1. The first-order valence-electron chi connectivity index (χ1n) is 6.21. The molecular formula is C12H19ClN4O. The Morgan fingerprint density at radius 1 is 1.28 bits per heavy atom. The molecule has 0 saturated carbocycles. The number of ether oxygens (including phenoxy) is 1. The van der Waals surface area contributed by atoms with Crippen LogP contribution in [-0.2, 0) is 4.74 Å². The van der Waals surface area contributed by atoms with Gasteiger partial charge in [0.15, 0.2) is 0 Å². The first-order valence-corrected chi connectivity index (χ1v) is 6.59. The Balaban J connectivity index is 1.82. The molecule has 0 aliphatic carbocycles. The van der Waals surface area contributed by atoms with Gasteiger partial charge in [0.1, 0.15) is 5.15 Å². The van der Waals surface area contributed by atoms with E-state index >= 15 is 0 Å². The molecule has 1 N–H and O–H groups in total. The van der Waals surface area contributed by atoms with Gasteiger partial charge in [-0.1, -0.05) is 11.6 Å². The molecule has 1 aromatic rings. The molecule has 0 amide bonds. The number of aryl methyl sites for hydroxylation is 1. The van der Waals surface area contributed by atoms with E-state index in [1.807, 2.05) is 13.8 Å². The van der Waals surface area contributed by atoms with Gasteiger partial charge in [-0.15, -0.1) is 0 Å². The minimum absolute atomic E-state index is 0.524. The van der Waals surface area contributed by atoms with E-state index < -0.39 is 0 Å². The molecule has 18 heavy (non-hydrogen) atoms. The van der Waals surface area contributed by atoms with Crippen molar-refractivity contribution in [3.63, 3.8) is 0 Å². The summed E-state index contributed by atoms with van der Waals surface area (Å²) in [6, 6.07) is 0. The second-order valence-electron chi connectivity index (χ2n) is 4.43. The van der Waals surface area contributed by atoms with Crippen LogP contribution in [-0.4, -0.2) is 54.3 Å². The predicted octanol–water partition coefficient (Wildman–Crippen LogP) is 1.49. The highest BCUT2D eigenvalue weighted by Gasteiger charge is 2.10. The Hall–Kier alpha value is -0.910. The van der Waals surface area contributed by atoms with Crippen molar-refractivity contribution in [3.05, 3.63) is 16.4 Å². The van der Waals surface area contributed by atoms with Crippen LogP contribution in [0.1, 0.15) is 11.3 Å². The van der Waals surface area contributed by atoms with Gasteiger partial charge in [-0.25, -0.2) is 9.97 Å². The number of aromatic nitrogens is 2. The second kappa shape index (κ2) is 6.31. The summed E-state index contributed by atoms with van der Waals surface area (Å²) >= 11 is 6.03. The molecule has 0 radical (unpaired) electrons. The maximum atomic E-state index is 6.03. The van der Waals surface area contributed by atoms with E-state index in [1.165, 1.54) is 0 Å². The Labute approximate surface area is 113 Å². The average Bonchev–Trinajstić information content (AvgIpc) is 2.37. The first kappa shape index (κ1) is 13.5. The van der Waals surface area contributed by atoms with Gasteiger partial charge in [0.25, 0.3) is 0 Å². The van der Waals surface area contributed by atoms with Crippen LogP contribution in [0.25, 0.3) is 0 Å². The number of hydrogen-bond donors (Lipinski definition) is 1. The van der Waals surface area contributed by atoms with Crippen molar-refractivity contribution in [1.82, 2.24) is 14.9 Å². The lowest BCUT2D eigenvalue weighted by Crippen LogP contribution is -2.39. The van der Waals surface area contributed by atoms with Crippen molar-refractivity contribution >= 4 is 17.5 Å². The van der Waals surface area contributed by atoms with Crippen LogP contribution in [0.2, 0.25) is 5.15 Å². The standard InChI is InChI=1S/C12H19ClN4O/c1-9-10(2)15-12(16-11(9)13)14-3-4-17-5-7-18-8-6-17/h3-8H2,1-2H3,(H,14,15,16). The molecule has 0 aromatic carbocycles. The molecule has 0 spiro atoms. The number of nitrogens with zero attached hydrogens (tertiary/aromatic N) is 3. The van der Waals surface area contributed by atoms with Crippen LogP contribution in [0, 0.1) is 13.8 Å². The second-order valence-corrected chi connectivity index (χ2v) is 4.79. The van der Waals surface area contributed by atoms with E-state index in [0.29, 0.717) is 11.1 Å². The summed E-state index contributed by atoms with van der Waals surface area (Å²) in [5, 5.41) is 3.74. The largest absolute Gasteiger partial charge is 0.379 e. The normalized spacial score (nSPS) is 16.8. The summed E-state index contributed by atoms with van der Waals surface area (Å²) in [6.07, 6.45) is 0. The van der Waals surface area contributed by atoms with Crippen molar-refractivity contribution in [2.75, 3.05) is 44.7 Å². The van der Waals surface area contributed by atoms with Gasteiger partial charge in [-0.2, -0.15) is 0 Å². The van der Waals surface area contributed by atoms with Crippen LogP contribution < -0.4 is 5.32 Å². The Morgan fingerprint density at radius 3 is 2.67 bits per heavy atom. The van der Waals surface area contributed by atoms with E-state index in [1.54, 1.807) is 0 Å². The van der Waals surface area contributed by atoms with Crippen LogP contribution in [0.5, 0.6) is 0 Å². The fourth-order valence-electron chi connectivity index (χ4n) is 1.82. The summed E-state index contributed by atoms with van der Waals surface area (Å²) in [6.45, 7) is 9.30. The SMILES string of the molecule is Cc1nc(NCCN2CCOCC2)nc(Cl)c1C. The van der Waals surface area contributed by atoms with Crippen molar-refractivity contribution in [2.24, 2.45) is 0 Å². The van der Waals surface area contributed by atoms with E-state index in [2.05, 4.69) is 20.2 Å². The van der Waals surface area contributed by atoms with Gasteiger partial charge in [-0.05, 0) is 13.8 Å². The molecule has 1 aliphatic heterocycles.